The summed E-state index contributed by atoms with van der Waals surface area (Å²) in [4.78, 5) is 11.9. The van der Waals surface area contributed by atoms with Crippen LogP contribution in [0.4, 0.5) is 68.2 Å². The van der Waals surface area contributed by atoms with Crippen molar-refractivity contribution in [1.29, 1.82) is 0 Å². The van der Waals surface area contributed by atoms with Gasteiger partial charge in [0.1, 0.15) is 0 Å². The van der Waals surface area contributed by atoms with Crippen LogP contribution in [-0.4, -0.2) is 11.9 Å². The summed E-state index contributed by atoms with van der Waals surface area (Å²) < 4.78 is 0. The molecule has 7 aliphatic carbocycles. The maximum atomic E-state index is 2.55. The van der Waals surface area contributed by atoms with E-state index in [2.05, 4.69) is 528 Å². The van der Waals surface area contributed by atoms with Gasteiger partial charge in [0, 0.05) is 84.5 Å². The molecule has 2 saturated carbocycles. The average molecular weight is 1750 g/mol. The highest BCUT2D eigenvalue weighted by atomic mass is 15.3. The van der Waals surface area contributed by atoms with E-state index >= 15 is 0 Å². The van der Waals surface area contributed by atoms with E-state index in [4.69, 9.17) is 0 Å². The summed E-state index contributed by atoms with van der Waals surface area (Å²) in [5.41, 5.74) is 39.0. The Hall–Kier alpha value is -13.3. The Kier molecular flexibility index (Phi) is 23.5. The Morgan fingerprint density at radius 2 is 0.500 bits per heavy atom. The first-order valence-electron chi connectivity index (χ1n) is 49.2. The molecule has 0 N–H and O–H groups in total. The first-order chi connectivity index (χ1) is 64.8. The van der Waals surface area contributed by atoms with Gasteiger partial charge in [-0.15, -0.1) is 0 Å². The number of rotatable bonds is 16. The first-order valence-corrected chi connectivity index (χ1v) is 49.2. The lowest BCUT2D eigenvalue weighted by Gasteiger charge is -2.56. The van der Waals surface area contributed by atoms with Crippen molar-refractivity contribution in [3.63, 3.8) is 0 Å². The molecule has 5 nitrogen and oxygen atoms in total. The first kappa shape index (κ1) is 88.6. The van der Waals surface area contributed by atoms with Gasteiger partial charge in [0.2, 0.25) is 0 Å². The lowest BCUT2D eigenvalue weighted by molar-refractivity contribution is -0.0105. The third-order valence-corrected chi connectivity index (χ3v) is 33.9. The number of fused-ring (bicyclic) bond motifs is 9. The van der Waals surface area contributed by atoms with E-state index in [1.807, 2.05) is 0 Å². The van der Waals surface area contributed by atoms with Crippen LogP contribution < -0.4 is 19.6 Å². The van der Waals surface area contributed by atoms with Gasteiger partial charge in [-0.1, -0.05) is 336 Å². The van der Waals surface area contributed by atoms with Gasteiger partial charge in [-0.2, -0.15) is 0 Å². The second kappa shape index (κ2) is 35.6. The van der Waals surface area contributed by atoms with Gasteiger partial charge in [0.15, 0.2) is 0 Å². The predicted octanol–water partition coefficient (Wildman–Crippen LogP) is 36.1. The number of hydrogen-bond donors (Lipinski definition) is 0. The molecule has 4 unspecified atom stereocenters. The van der Waals surface area contributed by atoms with Crippen molar-refractivity contribution in [2.45, 2.75) is 192 Å². The fraction of sp³-hybridized carbons (Fsp3) is 0.256. The van der Waals surface area contributed by atoms with Gasteiger partial charge >= 0.3 is 0 Å². The van der Waals surface area contributed by atoms with Crippen molar-refractivity contribution >= 4 is 68.2 Å². The Labute approximate surface area is 798 Å². The van der Waals surface area contributed by atoms with Crippen LogP contribution in [0, 0.1) is 10.8 Å². The smallest absolute Gasteiger partial charge is 0.0540 e. The molecule has 4 bridgehead atoms. The summed E-state index contributed by atoms with van der Waals surface area (Å²) in [5, 5.41) is 0. The van der Waals surface area contributed by atoms with Crippen LogP contribution in [-0.2, 0) is 27.3 Å². The summed E-state index contributed by atoms with van der Waals surface area (Å²) in [5.74, 6) is 3.10. The highest BCUT2D eigenvalue weighted by Gasteiger charge is 2.72. The quantitative estimate of drug-likeness (QED) is 0.0955. The number of anilines is 12. The molecule has 4 atom stereocenters. The van der Waals surface area contributed by atoms with Crippen molar-refractivity contribution in [3.05, 3.63) is 457 Å². The van der Waals surface area contributed by atoms with Crippen LogP contribution in [0.5, 0.6) is 0 Å². The fourth-order valence-corrected chi connectivity index (χ4v) is 24.7. The van der Waals surface area contributed by atoms with Crippen LogP contribution in [0.1, 0.15) is 215 Å². The third kappa shape index (κ3) is 15.5. The molecule has 1 heterocycles. The van der Waals surface area contributed by atoms with Crippen LogP contribution in [0.25, 0.3) is 44.5 Å². The summed E-state index contributed by atoms with van der Waals surface area (Å²) in [6, 6.07) is 147. The van der Waals surface area contributed by atoms with Gasteiger partial charge in [0.25, 0.3) is 0 Å². The summed E-state index contributed by atoms with van der Waals surface area (Å²) in [7, 11) is 2.23. The minimum absolute atomic E-state index is 0.00615. The minimum Gasteiger partial charge on any atom is -0.311 e. The third-order valence-electron chi connectivity index (χ3n) is 33.9. The Morgan fingerprint density at radius 3 is 0.881 bits per heavy atom. The average Bonchev–Trinajstić information content (AvgIpc) is 1.47. The van der Waals surface area contributed by atoms with E-state index in [1.54, 1.807) is 38.9 Å². The largest absolute Gasteiger partial charge is 0.311 e. The molecule has 0 aromatic heterocycles. The lowest BCUT2D eigenvalue weighted by Crippen LogP contribution is -2.54. The summed E-state index contributed by atoms with van der Waals surface area (Å²) >= 11 is 0. The monoisotopic (exact) mass is 1750 g/mol. The SMILES string of the molecule is CC1(C)c2cc(-c3ccc(N(c4ccccc4)c4ccccc4)cc3)cc3c2C(C)(C1(C)C)C(C)(C)C3(C)C.CN1C(C)(C)c2ccc(-c3ccc(N(c4ccccc4)c4ccccc4)cc3)cc2C1(C)C.c1ccc(N(c2ccccc2)c2ccccc2-c2ccc3c(c2)C2CCC3C2)cc1.c1ccc(N(c2ccccc2)c2ccccc2-c2ccc3c(c2)C2CCCC3CC2)cc1. The van der Waals surface area contributed by atoms with E-state index in [0.29, 0.717) is 0 Å². The van der Waals surface area contributed by atoms with Crippen LogP contribution in [0.3, 0.4) is 0 Å². The molecule has 24 rings (SSSR count). The van der Waals surface area contributed by atoms with E-state index in [9.17, 15) is 0 Å². The maximum Gasteiger partial charge on any atom is 0.0540 e. The number of para-hydroxylation sites is 10. The van der Waals surface area contributed by atoms with E-state index in [0.717, 1.165) is 57.8 Å². The van der Waals surface area contributed by atoms with Crippen LogP contribution in [0.15, 0.2) is 406 Å². The number of benzene rings is 16. The van der Waals surface area contributed by atoms with E-state index in [-0.39, 0.29) is 38.2 Å². The normalized spacial score (nSPS) is 18.8. The molecule has 1 aliphatic heterocycles. The summed E-state index contributed by atoms with van der Waals surface area (Å²) in [6.45, 7) is 31.8. The molecule has 0 radical (unpaired) electrons. The standard InChI is InChI=1S/C38H43N.C31H32N2.C31H29N.C29H25N/c1-34(2)31-24-27(25-32-33(31)38(9,36(34,5)6)37(7,8)35(32,3)4)26-20-22-30(23-21-26)39(28-16-12-10-13-17-28)29-18-14-11-15-19-29;1-30(2)28-21-18-24(22-29(28)31(3,4)32(30)5)23-16-19-27(20-17-23)33(25-12-8-6-9-13-25)26-14-10-7-11-15-26;1-3-12-26(13-4-1)32(27-14-5-2-6-15-27)31-17-8-7-16-29(31)25-20-21-28-23-10-9-11-24(19-18-23)30(28)22-25;1-3-9-24(10-4-1)30(25-11-5-2-6-12-25)29-14-8-7-13-27(29)23-17-18-26-21-15-16-22(19-21)28(26)20-23/h10-25H,1-9H3;6-22H,1-5H3;1-8,12-17,20-24H,9-11,18-19H2;1-14,17-18,20-22H,15-16,19H2. The number of nitrogens with zero attached hydrogens (tertiary/aromatic N) is 5. The minimum atomic E-state index is 0.00615. The molecule has 0 saturated heterocycles. The highest BCUT2D eigenvalue weighted by Crippen LogP contribution is 2.76. The Balaban J connectivity index is 0.000000111. The topological polar surface area (TPSA) is 16.2 Å². The van der Waals surface area contributed by atoms with Gasteiger partial charge in [-0.05, 0) is 348 Å². The van der Waals surface area contributed by atoms with Gasteiger partial charge < -0.3 is 19.6 Å². The van der Waals surface area contributed by atoms with Gasteiger partial charge in [-0.25, -0.2) is 0 Å². The highest BCUT2D eigenvalue weighted by molar-refractivity contribution is 5.91. The van der Waals surface area contributed by atoms with Crippen molar-refractivity contribution in [3.8, 4) is 44.5 Å². The zero-order valence-corrected chi connectivity index (χ0v) is 80.9. The lowest BCUT2D eigenvalue weighted by atomic mass is 9.47. The molecule has 8 aliphatic rings. The zero-order valence-electron chi connectivity index (χ0n) is 80.9. The fourth-order valence-electron chi connectivity index (χ4n) is 24.7. The van der Waals surface area contributed by atoms with Crippen LogP contribution >= 0.6 is 0 Å². The Bertz CT molecular complexity index is 6630. The Morgan fingerprint density at radius 1 is 0.224 bits per heavy atom. The molecule has 0 amide bonds. The van der Waals surface area contributed by atoms with Crippen molar-refractivity contribution in [2.24, 2.45) is 10.8 Å². The second-order valence-electron chi connectivity index (χ2n) is 42.0. The molecular formula is C129H129N5. The van der Waals surface area contributed by atoms with Crippen molar-refractivity contribution in [1.82, 2.24) is 4.90 Å². The molecule has 16 aromatic carbocycles. The van der Waals surface area contributed by atoms with Gasteiger partial charge in [-0.3, -0.25) is 4.90 Å². The maximum absolute atomic E-state index is 2.55. The van der Waals surface area contributed by atoms with E-state index < -0.39 is 0 Å². The van der Waals surface area contributed by atoms with Crippen molar-refractivity contribution < 1.29 is 0 Å². The molecule has 5 heteroatoms. The summed E-state index contributed by atoms with van der Waals surface area (Å²) in [6.07, 6.45) is 11.0. The van der Waals surface area contributed by atoms with Crippen LogP contribution in [0.2, 0.25) is 0 Å². The second-order valence-corrected chi connectivity index (χ2v) is 42.0. The molecule has 0 spiro atoms. The molecule has 16 aromatic rings. The zero-order chi connectivity index (χ0) is 92.5. The molecular weight excluding hydrogens is 1620 g/mol. The van der Waals surface area contributed by atoms with Gasteiger partial charge in [0.05, 0.1) is 11.4 Å². The molecule has 134 heavy (non-hydrogen) atoms. The van der Waals surface area contributed by atoms with E-state index in [1.165, 1.54) is 141 Å². The predicted molar refractivity (Wildman–Crippen MR) is 569 cm³/mol. The van der Waals surface area contributed by atoms with Crippen molar-refractivity contribution in [2.75, 3.05) is 26.6 Å². The molecule has 670 valence electrons. The number of hydrogen-bond acceptors (Lipinski definition) is 5. The molecule has 2 fully saturated rings.